The Labute approximate surface area is 235 Å². The summed E-state index contributed by atoms with van der Waals surface area (Å²) in [5.41, 5.74) is 4.01. The molecule has 0 bridgehead atoms. The number of fused-ring (bicyclic) bond motifs is 2. The number of benzene rings is 3. The van der Waals surface area contributed by atoms with Gasteiger partial charge in [0.05, 0.1) is 28.6 Å². The maximum atomic E-state index is 14.3. The first-order valence-corrected chi connectivity index (χ1v) is 14.2. The predicted octanol–water partition coefficient (Wildman–Crippen LogP) is 4.39. The molecule has 3 heterocycles. The minimum atomic E-state index is -0.696. The molecule has 0 aliphatic carbocycles. The van der Waals surface area contributed by atoms with E-state index >= 15 is 0 Å². The van der Waals surface area contributed by atoms with Crippen molar-refractivity contribution in [2.24, 2.45) is 4.99 Å². The van der Waals surface area contributed by atoms with Crippen LogP contribution in [0.1, 0.15) is 43.9 Å². The average molecular weight is 549 g/mol. The molecule has 2 aliphatic heterocycles. The molecule has 8 heteroatoms. The van der Waals surface area contributed by atoms with Crippen molar-refractivity contribution >= 4 is 40.1 Å². The number of thiazole rings is 1. The van der Waals surface area contributed by atoms with Gasteiger partial charge in [-0.2, -0.15) is 0 Å². The minimum Gasteiger partial charge on any atom is -0.322 e. The van der Waals surface area contributed by atoms with E-state index in [0.29, 0.717) is 38.4 Å². The van der Waals surface area contributed by atoms with Gasteiger partial charge >= 0.3 is 0 Å². The zero-order valence-corrected chi connectivity index (χ0v) is 23.1. The smallest absolute Gasteiger partial charge is 0.271 e. The number of hydrogen-bond donors (Lipinski definition) is 1. The topological polar surface area (TPSA) is 83.8 Å². The van der Waals surface area contributed by atoms with E-state index in [-0.39, 0.29) is 17.4 Å². The van der Waals surface area contributed by atoms with Gasteiger partial charge in [-0.05, 0) is 37.1 Å². The second kappa shape index (κ2) is 10.5. The molecule has 2 amide bonds. The molecule has 2 aliphatic rings. The van der Waals surface area contributed by atoms with E-state index in [0.717, 1.165) is 29.7 Å². The number of unbranched alkanes of at least 4 members (excludes halogenated alkanes) is 1. The summed E-state index contributed by atoms with van der Waals surface area (Å²) in [6.07, 6.45) is 1.81. The van der Waals surface area contributed by atoms with Crippen molar-refractivity contribution in [3.63, 3.8) is 0 Å². The first kappa shape index (κ1) is 25.7. The standard InChI is InChI=1S/C32H28N4O3S/c1-3-4-19-35-24-18-12-11-17-23(24)26(30(35)38)28-31(39)36-27(21-13-7-5-8-14-21)25(20(2)33-32(36)40-28)29(37)34-22-15-9-6-10-16-22/h5-18,27H,3-4,19H2,1-2H3,(H,34,37)/b28-26+/t27-/m1/s1. The second-order valence-corrected chi connectivity index (χ2v) is 10.8. The SMILES string of the molecule is CCCCN1C(=O)/C(=c2/sc3n(c2=O)[C@H](c2ccccc2)C(C(=O)Nc2ccccc2)=C(C)N=3)c2ccccc21. The van der Waals surface area contributed by atoms with E-state index in [2.05, 4.69) is 12.2 Å². The Morgan fingerprint density at radius 1 is 0.950 bits per heavy atom. The lowest BCUT2D eigenvalue weighted by molar-refractivity contribution is -0.114. The summed E-state index contributed by atoms with van der Waals surface area (Å²) in [7, 11) is 0. The first-order chi connectivity index (χ1) is 19.5. The van der Waals surface area contributed by atoms with E-state index in [1.807, 2.05) is 84.9 Å². The molecule has 200 valence electrons. The number of carbonyl (C=O) groups excluding carboxylic acids is 2. The molecule has 6 rings (SSSR count). The number of allylic oxidation sites excluding steroid dienone is 1. The van der Waals surface area contributed by atoms with Gasteiger partial charge in [-0.1, -0.05) is 91.4 Å². The fraction of sp³-hybridized carbons (Fsp3) is 0.188. The zero-order chi connectivity index (χ0) is 27.8. The van der Waals surface area contributed by atoms with Crippen LogP contribution in [0.25, 0.3) is 5.57 Å². The van der Waals surface area contributed by atoms with Crippen molar-refractivity contribution in [2.45, 2.75) is 32.7 Å². The van der Waals surface area contributed by atoms with Gasteiger partial charge in [0.2, 0.25) is 0 Å². The Morgan fingerprint density at radius 3 is 2.35 bits per heavy atom. The van der Waals surface area contributed by atoms with Crippen LogP contribution in [0.15, 0.2) is 106 Å². The minimum absolute atomic E-state index is 0.172. The van der Waals surface area contributed by atoms with Gasteiger partial charge in [0, 0.05) is 17.8 Å². The molecule has 0 saturated heterocycles. The number of nitrogens with one attached hydrogen (secondary N) is 1. The average Bonchev–Trinajstić information content (AvgIpc) is 3.43. The van der Waals surface area contributed by atoms with Crippen molar-refractivity contribution in [1.82, 2.24) is 4.57 Å². The molecule has 0 saturated carbocycles. The van der Waals surface area contributed by atoms with E-state index < -0.39 is 6.04 Å². The molecular weight excluding hydrogens is 520 g/mol. The number of para-hydroxylation sites is 2. The summed E-state index contributed by atoms with van der Waals surface area (Å²) in [6, 6.07) is 25.6. The Kier molecular flexibility index (Phi) is 6.77. The zero-order valence-electron chi connectivity index (χ0n) is 22.3. The van der Waals surface area contributed by atoms with Gasteiger partial charge in [0.25, 0.3) is 17.4 Å². The Bertz CT molecular complexity index is 1840. The Hall–Kier alpha value is -4.56. The molecule has 1 atom stereocenters. The van der Waals surface area contributed by atoms with Crippen LogP contribution in [0.2, 0.25) is 0 Å². The summed E-state index contributed by atoms with van der Waals surface area (Å²) in [4.78, 5) is 48.7. The highest BCUT2D eigenvalue weighted by Crippen LogP contribution is 2.36. The van der Waals surface area contributed by atoms with Crippen molar-refractivity contribution in [2.75, 3.05) is 16.8 Å². The molecule has 3 aromatic carbocycles. The normalized spacial score (nSPS) is 17.4. The lowest BCUT2D eigenvalue weighted by Crippen LogP contribution is -2.41. The number of rotatable bonds is 6. The van der Waals surface area contributed by atoms with Gasteiger partial charge in [-0.15, -0.1) is 0 Å². The largest absolute Gasteiger partial charge is 0.322 e. The summed E-state index contributed by atoms with van der Waals surface area (Å²) in [5, 5.41) is 2.96. The number of anilines is 2. The third-order valence-electron chi connectivity index (χ3n) is 7.27. The molecule has 0 unspecified atom stereocenters. The summed E-state index contributed by atoms with van der Waals surface area (Å²) in [5.74, 6) is -0.499. The van der Waals surface area contributed by atoms with Crippen molar-refractivity contribution < 1.29 is 9.59 Å². The van der Waals surface area contributed by atoms with Crippen LogP contribution in [0.4, 0.5) is 11.4 Å². The maximum Gasteiger partial charge on any atom is 0.271 e. The highest BCUT2D eigenvalue weighted by Gasteiger charge is 2.36. The molecule has 0 fully saturated rings. The third-order valence-corrected chi connectivity index (χ3v) is 8.33. The number of amides is 2. The molecule has 40 heavy (non-hydrogen) atoms. The van der Waals surface area contributed by atoms with Crippen LogP contribution < -0.4 is 25.1 Å². The third kappa shape index (κ3) is 4.30. The van der Waals surface area contributed by atoms with Gasteiger partial charge in [0.1, 0.15) is 4.53 Å². The van der Waals surface area contributed by atoms with Gasteiger partial charge in [-0.25, -0.2) is 4.99 Å². The fourth-order valence-corrected chi connectivity index (χ4v) is 6.51. The molecular formula is C32H28N4O3S. The van der Waals surface area contributed by atoms with E-state index in [1.165, 1.54) is 11.3 Å². The molecule has 0 spiro atoms. The molecule has 7 nitrogen and oxygen atoms in total. The van der Waals surface area contributed by atoms with Gasteiger partial charge in [0.15, 0.2) is 4.80 Å². The highest BCUT2D eigenvalue weighted by atomic mass is 32.1. The van der Waals surface area contributed by atoms with E-state index in [4.69, 9.17) is 4.99 Å². The van der Waals surface area contributed by atoms with Crippen LogP contribution in [-0.2, 0) is 9.59 Å². The van der Waals surface area contributed by atoms with E-state index in [1.54, 1.807) is 16.4 Å². The molecule has 1 N–H and O–H groups in total. The fourth-order valence-electron chi connectivity index (χ4n) is 5.37. The summed E-state index contributed by atoms with van der Waals surface area (Å²) < 4.78 is 1.91. The van der Waals surface area contributed by atoms with Crippen LogP contribution >= 0.6 is 11.3 Å². The number of aromatic nitrogens is 1. The lowest BCUT2D eigenvalue weighted by Gasteiger charge is -2.25. The van der Waals surface area contributed by atoms with Crippen molar-refractivity contribution in [1.29, 1.82) is 0 Å². The van der Waals surface area contributed by atoms with Gasteiger partial charge in [-0.3, -0.25) is 19.0 Å². The van der Waals surface area contributed by atoms with Crippen LogP contribution in [0.3, 0.4) is 0 Å². The van der Waals surface area contributed by atoms with Crippen LogP contribution in [-0.4, -0.2) is 22.9 Å². The Balaban J connectivity index is 1.55. The van der Waals surface area contributed by atoms with Crippen molar-refractivity contribution in [3.05, 3.63) is 127 Å². The first-order valence-electron chi connectivity index (χ1n) is 13.4. The number of carbonyl (C=O) groups is 2. The summed E-state index contributed by atoms with van der Waals surface area (Å²) >= 11 is 1.21. The van der Waals surface area contributed by atoms with Gasteiger partial charge < -0.3 is 10.2 Å². The summed E-state index contributed by atoms with van der Waals surface area (Å²) in [6.45, 7) is 4.46. The molecule has 4 aromatic rings. The quantitative estimate of drug-likeness (QED) is 0.388. The predicted molar refractivity (Wildman–Crippen MR) is 158 cm³/mol. The number of hydrogen-bond acceptors (Lipinski definition) is 5. The van der Waals surface area contributed by atoms with E-state index in [9.17, 15) is 14.4 Å². The second-order valence-electron chi connectivity index (χ2n) is 9.84. The highest BCUT2D eigenvalue weighted by molar-refractivity contribution is 7.07. The van der Waals surface area contributed by atoms with Crippen molar-refractivity contribution in [3.8, 4) is 0 Å². The van der Waals surface area contributed by atoms with Crippen LogP contribution in [0, 0.1) is 0 Å². The Morgan fingerprint density at radius 2 is 1.62 bits per heavy atom. The lowest BCUT2D eigenvalue weighted by atomic mass is 9.95. The maximum absolute atomic E-state index is 14.3. The monoisotopic (exact) mass is 548 g/mol. The van der Waals surface area contributed by atoms with Crippen LogP contribution in [0.5, 0.6) is 0 Å². The molecule has 1 aromatic heterocycles. The number of nitrogens with zero attached hydrogens (tertiary/aromatic N) is 3. The molecule has 0 radical (unpaired) electrons.